The second kappa shape index (κ2) is 8.34. The van der Waals surface area contributed by atoms with Crippen LogP contribution < -0.4 is 5.32 Å². The van der Waals surface area contributed by atoms with Crippen LogP contribution in [0.25, 0.3) is 0 Å². The number of benzene rings is 1. The molecule has 108 valence electrons. The summed E-state index contributed by atoms with van der Waals surface area (Å²) < 4.78 is 0. The largest absolute Gasteiger partial charge is 0.354 e. The Balaban J connectivity index is 2.40. The van der Waals surface area contributed by atoms with Gasteiger partial charge in [0.25, 0.3) is 0 Å². The van der Waals surface area contributed by atoms with E-state index in [4.69, 9.17) is 5.26 Å². The van der Waals surface area contributed by atoms with Crippen LogP contribution in [0, 0.1) is 11.3 Å². The monoisotopic (exact) mass is 273 g/mol. The van der Waals surface area contributed by atoms with Crippen molar-refractivity contribution in [3.63, 3.8) is 0 Å². The Morgan fingerprint density at radius 2 is 2.00 bits per heavy atom. The third kappa shape index (κ3) is 5.85. The summed E-state index contributed by atoms with van der Waals surface area (Å²) in [6, 6.07) is 10.5. The van der Waals surface area contributed by atoms with E-state index in [-0.39, 0.29) is 5.91 Å². The van der Waals surface area contributed by atoms with Crippen molar-refractivity contribution in [1.29, 1.82) is 5.26 Å². The third-order valence-electron chi connectivity index (χ3n) is 3.07. The number of hydrogen-bond acceptors (Lipinski definition) is 3. The van der Waals surface area contributed by atoms with E-state index in [0.717, 1.165) is 6.54 Å². The molecular weight excluding hydrogens is 250 g/mol. The number of nitriles is 1. The summed E-state index contributed by atoms with van der Waals surface area (Å²) in [7, 11) is 1.92. The Morgan fingerprint density at radius 3 is 2.55 bits per heavy atom. The lowest BCUT2D eigenvalue weighted by atomic mass is 10.0. The fourth-order valence-electron chi connectivity index (χ4n) is 1.93. The van der Waals surface area contributed by atoms with Gasteiger partial charge in [-0.3, -0.25) is 9.69 Å². The predicted octanol–water partition coefficient (Wildman–Crippen LogP) is 2.27. The Kier molecular flexibility index (Phi) is 6.75. The first-order valence-corrected chi connectivity index (χ1v) is 6.94. The van der Waals surface area contributed by atoms with Crippen LogP contribution >= 0.6 is 0 Å². The molecule has 0 bridgehead atoms. The molecule has 0 fully saturated rings. The predicted molar refractivity (Wildman–Crippen MR) is 80.1 cm³/mol. The lowest BCUT2D eigenvalue weighted by Crippen LogP contribution is -2.35. The zero-order valence-corrected chi connectivity index (χ0v) is 12.5. The van der Waals surface area contributed by atoms with E-state index in [0.29, 0.717) is 25.4 Å². The fourth-order valence-corrected chi connectivity index (χ4v) is 1.93. The highest BCUT2D eigenvalue weighted by Gasteiger charge is 2.07. The molecule has 1 N–H and O–H groups in total. The van der Waals surface area contributed by atoms with Gasteiger partial charge in [0.05, 0.1) is 19.0 Å². The average Bonchev–Trinajstić information content (AvgIpc) is 2.39. The normalized spacial score (nSPS) is 10.6. The molecule has 0 unspecified atom stereocenters. The highest BCUT2D eigenvalue weighted by molar-refractivity contribution is 5.77. The quantitative estimate of drug-likeness (QED) is 0.775. The average molecular weight is 273 g/mol. The Bertz CT molecular complexity index is 460. The first kappa shape index (κ1) is 16.2. The highest BCUT2D eigenvalue weighted by Crippen LogP contribution is 2.15. The van der Waals surface area contributed by atoms with Crippen LogP contribution in [0.1, 0.15) is 37.3 Å². The number of nitrogens with zero attached hydrogens (tertiary/aromatic N) is 2. The smallest absolute Gasteiger partial charge is 0.234 e. The van der Waals surface area contributed by atoms with E-state index in [1.807, 2.05) is 18.0 Å². The topological polar surface area (TPSA) is 56.1 Å². The van der Waals surface area contributed by atoms with Crippen LogP contribution in [0.5, 0.6) is 0 Å². The molecule has 4 nitrogen and oxygen atoms in total. The van der Waals surface area contributed by atoms with Crippen LogP contribution in [-0.2, 0) is 11.3 Å². The highest BCUT2D eigenvalue weighted by atomic mass is 16.2. The van der Waals surface area contributed by atoms with Gasteiger partial charge in [0.2, 0.25) is 5.91 Å². The van der Waals surface area contributed by atoms with Crippen molar-refractivity contribution < 1.29 is 4.79 Å². The Labute approximate surface area is 121 Å². The van der Waals surface area contributed by atoms with Crippen molar-refractivity contribution in [2.24, 2.45) is 0 Å². The number of hydrogen-bond donors (Lipinski definition) is 1. The summed E-state index contributed by atoms with van der Waals surface area (Å²) in [5.74, 6) is 0.495. The van der Waals surface area contributed by atoms with Crippen LogP contribution in [0.3, 0.4) is 0 Å². The molecule has 0 aliphatic heterocycles. The van der Waals surface area contributed by atoms with E-state index in [2.05, 4.69) is 43.4 Å². The van der Waals surface area contributed by atoms with Gasteiger partial charge in [-0.15, -0.1) is 0 Å². The van der Waals surface area contributed by atoms with Gasteiger partial charge in [-0.1, -0.05) is 38.1 Å². The number of likely N-dealkylation sites (N-methyl/N-ethyl adjacent to an activating group) is 1. The van der Waals surface area contributed by atoms with E-state index in [1.165, 1.54) is 11.1 Å². The summed E-state index contributed by atoms with van der Waals surface area (Å²) in [6.07, 6.45) is 0.353. The molecule has 1 aromatic rings. The van der Waals surface area contributed by atoms with Crippen molar-refractivity contribution in [2.75, 3.05) is 20.1 Å². The molecule has 0 heterocycles. The van der Waals surface area contributed by atoms with Gasteiger partial charge in [0, 0.05) is 13.1 Å². The van der Waals surface area contributed by atoms with Gasteiger partial charge < -0.3 is 5.32 Å². The number of carbonyl (C=O) groups is 1. The molecule has 0 aliphatic rings. The lowest BCUT2D eigenvalue weighted by molar-refractivity contribution is -0.122. The third-order valence-corrected chi connectivity index (χ3v) is 3.07. The Hall–Kier alpha value is -1.86. The molecule has 0 atom stereocenters. The van der Waals surface area contributed by atoms with Gasteiger partial charge in [0.15, 0.2) is 0 Å². The van der Waals surface area contributed by atoms with Crippen molar-refractivity contribution in [3.8, 4) is 6.07 Å². The maximum Gasteiger partial charge on any atom is 0.234 e. The first-order valence-electron chi connectivity index (χ1n) is 6.94. The minimum absolute atomic E-state index is 0.0402. The molecule has 1 aromatic carbocycles. The van der Waals surface area contributed by atoms with Crippen molar-refractivity contribution >= 4 is 5.91 Å². The zero-order valence-electron chi connectivity index (χ0n) is 12.5. The van der Waals surface area contributed by atoms with Crippen LogP contribution in [0.2, 0.25) is 0 Å². The van der Waals surface area contributed by atoms with Gasteiger partial charge in [-0.25, -0.2) is 0 Å². The molecule has 0 spiro atoms. The molecule has 0 radical (unpaired) electrons. The van der Waals surface area contributed by atoms with E-state index >= 15 is 0 Å². The maximum atomic E-state index is 11.6. The summed E-state index contributed by atoms with van der Waals surface area (Å²) in [6.45, 7) is 5.85. The van der Waals surface area contributed by atoms with Crippen molar-refractivity contribution in [2.45, 2.75) is 32.7 Å². The molecule has 0 saturated heterocycles. The zero-order chi connectivity index (χ0) is 15.0. The minimum atomic E-state index is -0.0402. The summed E-state index contributed by atoms with van der Waals surface area (Å²) in [4.78, 5) is 13.6. The van der Waals surface area contributed by atoms with Crippen molar-refractivity contribution in [1.82, 2.24) is 10.2 Å². The van der Waals surface area contributed by atoms with Crippen LogP contribution in [0.15, 0.2) is 24.3 Å². The van der Waals surface area contributed by atoms with Gasteiger partial charge in [-0.05, 0) is 24.1 Å². The Morgan fingerprint density at radius 1 is 1.35 bits per heavy atom. The first-order chi connectivity index (χ1) is 9.52. The van der Waals surface area contributed by atoms with Crippen LogP contribution in [-0.4, -0.2) is 30.9 Å². The summed E-state index contributed by atoms with van der Waals surface area (Å²) in [5.41, 5.74) is 2.52. The van der Waals surface area contributed by atoms with Crippen LogP contribution in [0.4, 0.5) is 0 Å². The van der Waals surface area contributed by atoms with E-state index in [9.17, 15) is 4.79 Å². The SMILES string of the molecule is CC(C)c1ccc(CN(C)CC(=O)NCCC#N)cc1. The molecule has 0 aliphatic carbocycles. The number of nitrogens with one attached hydrogen (secondary N) is 1. The summed E-state index contributed by atoms with van der Waals surface area (Å²) >= 11 is 0. The van der Waals surface area contributed by atoms with Gasteiger partial charge in [-0.2, -0.15) is 5.26 Å². The number of amides is 1. The molecular formula is C16H23N3O. The van der Waals surface area contributed by atoms with Crippen molar-refractivity contribution in [3.05, 3.63) is 35.4 Å². The second-order valence-electron chi connectivity index (χ2n) is 5.33. The van der Waals surface area contributed by atoms with E-state index < -0.39 is 0 Å². The molecule has 0 saturated carbocycles. The second-order valence-corrected chi connectivity index (χ2v) is 5.33. The molecule has 1 amide bonds. The summed E-state index contributed by atoms with van der Waals surface area (Å²) in [5, 5.41) is 11.1. The standard InChI is InChI=1S/C16H23N3O/c1-13(2)15-7-5-14(6-8-15)11-19(3)12-16(20)18-10-4-9-17/h5-8,13H,4,10-12H2,1-3H3,(H,18,20). The minimum Gasteiger partial charge on any atom is -0.354 e. The van der Waals surface area contributed by atoms with Gasteiger partial charge >= 0.3 is 0 Å². The number of carbonyl (C=O) groups excluding carboxylic acids is 1. The maximum absolute atomic E-state index is 11.6. The van der Waals surface area contributed by atoms with E-state index in [1.54, 1.807) is 0 Å². The van der Waals surface area contributed by atoms with Gasteiger partial charge in [0.1, 0.15) is 0 Å². The lowest BCUT2D eigenvalue weighted by Gasteiger charge is -2.16. The molecule has 20 heavy (non-hydrogen) atoms. The fraction of sp³-hybridized carbons (Fsp3) is 0.500. The molecule has 4 heteroatoms. The molecule has 0 aromatic heterocycles. The number of rotatable bonds is 7. The molecule has 1 rings (SSSR count).